The predicted octanol–water partition coefficient (Wildman–Crippen LogP) is 3.72. The molecule has 30 heavy (non-hydrogen) atoms. The smallest absolute Gasteiger partial charge is 0.255 e. The van der Waals surface area contributed by atoms with Crippen molar-refractivity contribution in [3.63, 3.8) is 0 Å². The number of carbonyl (C=O) groups excluding carboxylic acids is 2. The Kier molecular flexibility index (Phi) is 4.91. The van der Waals surface area contributed by atoms with Crippen LogP contribution in [0.2, 0.25) is 0 Å². The van der Waals surface area contributed by atoms with Crippen LogP contribution >= 0.6 is 0 Å². The minimum atomic E-state index is -0.739. The molecule has 2 N–H and O–H groups in total. The zero-order valence-corrected chi connectivity index (χ0v) is 16.3. The number of nitrogens with zero attached hydrogens (tertiary/aromatic N) is 2. The van der Waals surface area contributed by atoms with Crippen molar-refractivity contribution in [3.8, 4) is 11.3 Å². The lowest BCUT2D eigenvalue weighted by Crippen LogP contribution is -2.21. The van der Waals surface area contributed by atoms with Gasteiger partial charge < -0.3 is 15.5 Å². The number of carbonyl (C=O) groups is 2. The van der Waals surface area contributed by atoms with Crippen LogP contribution in [0.3, 0.4) is 0 Å². The molecule has 0 saturated carbocycles. The SMILES string of the molecule is CN(C)C(=O)c1ccc(Nc2cc(-c3c(F)cccc3F)nc3c2C(=O)NC3)cc1. The van der Waals surface area contributed by atoms with Crippen LogP contribution in [0.5, 0.6) is 0 Å². The second-order valence-corrected chi connectivity index (χ2v) is 7.06. The second kappa shape index (κ2) is 7.55. The van der Waals surface area contributed by atoms with E-state index in [0.717, 1.165) is 12.1 Å². The summed E-state index contributed by atoms with van der Waals surface area (Å²) in [6.07, 6.45) is 0. The maximum Gasteiger partial charge on any atom is 0.255 e. The van der Waals surface area contributed by atoms with Gasteiger partial charge in [-0.1, -0.05) is 6.07 Å². The van der Waals surface area contributed by atoms with Gasteiger partial charge >= 0.3 is 0 Å². The summed E-state index contributed by atoms with van der Waals surface area (Å²) in [6.45, 7) is 0.170. The van der Waals surface area contributed by atoms with E-state index in [1.54, 1.807) is 38.4 Å². The molecule has 0 saturated heterocycles. The van der Waals surface area contributed by atoms with Crippen molar-refractivity contribution in [1.82, 2.24) is 15.2 Å². The van der Waals surface area contributed by atoms with Gasteiger partial charge in [0.1, 0.15) is 11.6 Å². The summed E-state index contributed by atoms with van der Waals surface area (Å²) in [7, 11) is 3.33. The van der Waals surface area contributed by atoms with Crippen LogP contribution in [0, 0.1) is 11.6 Å². The number of hydrogen-bond donors (Lipinski definition) is 2. The van der Waals surface area contributed by atoms with E-state index < -0.39 is 11.6 Å². The molecule has 0 unspecified atom stereocenters. The molecule has 1 aromatic heterocycles. The first kappa shape index (κ1) is 19.5. The Balaban J connectivity index is 1.75. The Morgan fingerprint density at radius 2 is 1.73 bits per heavy atom. The minimum Gasteiger partial charge on any atom is -0.355 e. The van der Waals surface area contributed by atoms with Crippen molar-refractivity contribution >= 4 is 23.2 Å². The fraction of sp³-hybridized carbons (Fsp3) is 0.136. The molecule has 2 heterocycles. The summed E-state index contributed by atoms with van der Waals surface area (Å²) in [4.78, 5) is 30.1. The first-order valence-electron chi connectivity index (χ1n) is 9.20. The lowest BCUT2D eigenvalue weighted by molar-refractivity contribution is 0.0827. The Bertz CT molecular complexity index is 1140. The molecule has 6 nitrogen and oxygen atoms in total. The van der Waals surface area contributed by atoms with E-state index in [1.165, 1.54) is 17.0 Å². The van der Waals surface area contributed by atoms with Crippen molar-refractivity contribution in [2.45, 2.75) is 6.54 Å². The summed E-state index contributed by atoms with van der Waals surface area (Å²) in [5.41, 5.74) is 2.05. The van der Waals surface area contributed by atoms with Crippen molar-refractivity contribution in [2.24, 2.45) is 0 Å². The standard InChI is InChI=1S/C22H18F2N4O2/c1-28(2)22(30)12-6-8-13(9-7-12)26-17-10-16(19-14(23)4-3-5-15(19)24)27-18-11-25-21(29)20(17)18/h3-10H,11H2,1-2H3,(H,25,29)(H,26,27). The number of amides is 2. The zero-order chi connectivity index (χ0) is 21.4. The first-order valence-corrected chi connectivity index (χ1v) is 9.20. The van der Waals surface area contributed by atoms with Gasteiger partial charge in [0.05, 0.1) is 34.7 Å². The first-order chi connectivity index (χ1) is 14.3. The van der Waals surface area contributed by atoms with Crippen LogP contribution in [0.4, 0.5) is 20.2 Å². The average Bonchev–Trinajstić information content (AvgIpc) is 3.09. The van der Waals surface area contributed by atoms with Gasteiger partial charge in [-0.05, 0) is 42.5 Å². The summed E-state index contributed by atoms with van der Waals surface area (Å²) < 4.78 is 28.6. The van der Waals surface area contributed by atoms with Gasteiger partial charge in [0.25, 0.3) is 11.8 Å². The van der Waals surface area contributed by atoms with Crippen LogP contribution < -0.4 is 10.6 Å². The van der Waals surface area contributed by atoms with E-state index in [4.69, 9.17) is 0 Å². The third-order valence-electron chi connectivity index (χ3n) is 4.77. The number of aromatic nitrogens is 1. The molecular weight excluding hydrogens is 390 g/mol. The van der Waals surface area contributed by atoms with Crippen molar-refractivity contribution in [1.29, 1.82) is 0 Å². The Hall–Kier alpha value is -3.81. The van der Waals surface area contributed by atoms with Gasteiger partial charge in [0.2, 0.25) is 0 Å². The molecule has 3 aromatic rings. The summed E-state index contributed by atoms with van der Waals surface area (Å²) >= 11 is 0. The molecule has 8 heteroatoms. The van der Waals surface area contributed by atoms with E-state index in [1.807, 2.05) is 0 Å². The third kappa shape index (κ3) is 3.47. The molecule has 1 aliphatic heterocycles. The molecule has 4 rings (SSSR count). The molecule has 2 aromatic carbocycles. The molecule has 0 aliphatic carbocycles. The lowest BCUT2D eigenvalue weighted by Gasteiger charge is -2.14. The molecule has 1 aliphatic rings. The van der Waals surface area contributed by atoms with Crippen molar-refractivity contribution in [2.75, 3.05) is 19.4 Å². The fourth-order valence-electron chi connectivity index (χ4n) is 3.31. The van der Waals surface area contributed by atoms with Crippen LogP contribution in [0.15, 0.2) is 48.5 Å². The van der Waals surface area contributed by atoms with Crippen molar-refractivity contribution in [3.05, 3.63) is 77.0 Å². The molecule has 0 atom stereocenters. The summed E-state index contributed by atoms with van der Waals surface area (Å²) in [5, 5.41) is 5.78. The molecular formula is C22H18F2N4O2. The number of nitrogens with one attached hydrogen (secondary N) is 2. The number of halogens is 2. The third-order valence-corrected chi connectivity index (χ3v) is 4.77. The molecule has 0 fully saturated rings. The normalized spacial score (nSPS) is 12.3. The number of anilines is 2. The number of benzene rings is 2. The topological polar surface area (TPSA) is 74.3 Å². The largest absolute Gasteiger partial charge is 0.355 e. The van der Waals surface area contributed by atoms with Crippen LogP contribution in [-0.4, -0.2) is 35.8 Å². The summed E-state index contributed by atoms with van der Waals surface area (Å²) in [6, 6.07) is 11.7. The highest BCUT2D eigenvalue weighted by atomic mass is 19.1. The number of pyridine rings is 1. The summed E-state index contributed by atoms with van der Waals surface area (Å²) in [5.74, 6) is -1.93. The fourth-order valence-corrected chi connectivity index (χ4v) is 3.31. The Labute approximate surface area is 171 Å². The van der Waals surface area contributed by atoms with E-state index in [2.05, 4.69) is 15.6 Å². The van der Waals surface area contributed by atoms with Gasteiger partial charge in [-0.25, -0.2) is 13.8 Å². The predicted molar refractivity (Wildman–Crippen MR) is 109 cm³/mol. The zero-order valence-electron chi connectivity index (χ0n) is 16.3. The quantitative estimate of drug-likeness (QED) is 0.690. The number of hydrogen-bond acceptors (Lipinski definition) is 4. The van der Waals surface area contributed by atoms with Crippen LogP contribution in [0.1, 0.15) is 26.4 Å². The van der Waals surface area contributed by atoms with Gasteiger partial charge in [-0.15, -0.1) is 0 Å². The Morgan fingerprint density at radius 1 is 1.07 bits per heavy atom. The van der Waals surface area contributed by atoms with Crippen LogP contribution in [0.25, 0.3) is 11.3 Å². The van der Waals surface area contributed by atoms with Gasteiger partial charge in [0.15, 0.2) is 0 Å². The average molecular weight is 408 g/mol. The second-order valence-electron chi connectivity index (χ2n) is 7.06. The van der Waals surface area contributed by atoms with Crippen LogP contribution in [-0.2, 0) is 6.54 Å². The highest BCUT2D eigenvalue weighted by molar-refractivity contribution is 6.04. The van der Waals surface area contributed by atoms with E-state index >= 15 is 0 Å². The lowest BCUT2D eigenvalue weighted by atomic mass is 10.1. The minimum absolute atomic E-state index is 0.0859. The molecule has 0 spiro atoms. The van der Waals surface area contributed by atoms with E-state index in [9.17, 15) is 18.4 Å². The highest BCUT2D eigenvalue weighted by Crippen LogP contribution is 2.33. The van der Waals surface area contributed by atoms with Gasteiger partial charge in [-0.2, -0.15) is 0 Å². The maximum absolute atomic E-state index is 14.3. The Morgan fingerprint density at radius 3 is 2.37 bits per heavy atom. The number of fused-ring (bicyclic) bond motifs is 1. The highest BCUT2D eigenvalue weighted by Gasteiger charge is 2.27. The molecule has 152 valence electrons. The van der Waals surface area contributed by atoms with Gasteiger partial charge in [0, 0.05) is 25.3 Å². The van der Waals surface area contributed by atoms with Crippen molar-refractivity contribution < 1.29 is 18.4 Å². The number of rotatable bonds is 4. The molecule has 0 radical (unpaired) electrons. The molecule has 0 bridgehead atoms. The van der Waals surface area contributed by atoms with E-state index in [0.29, 0.717) is 28.2 Å². The van der Waals surface area contributed by atoms with E-state index in [-0.39, 0.29) is 29.6 Å². The maximum atomic E-state index is 14.3. The molecule has 2 amide bonds. The monoisotopic (exact) mass is 408 g/mol. The van der Waals surface area contributed by atoms with Gasteiger partial charge in [-0.3, -0.25) is 9.59 Å².